The quantitative estimate of drug-likeness (QED) is 0.786. The molecule has 0 radical (unpaired) electrons. The van der Waals surface area contributed by atoms with E-state index >= 15 is 0 Å². The molecule has 1 amide bonds. The first-order chi connectivity index (χ1) is 6.77. The second kappa shape index (κ2) is 3.82. The van der Waals surface area contributed by atoms with Crippen molar-refractivity contribution < 1.29 is 4.79 Å². The van der Waals surface area contributed by atoms with Gasteiger partial charge in [-0.05, 0) is 18.8 Å². The van der Waals surface area contributed by atoms with E-state index in [-0.39, 0.29) is 5.91 Å². The number of nitrogens with one attached hydrogen (secondary N) is 1. The van der Waals surface area contributed by atoms with Gasteiger partial charge in [0.05, 0.1) is 11.8 Å². The Morgan fingerprint density at radius 1 is 1.71 bits per heavy atom. The highest BCUT2D eigenvalue weighted by Crippen LogP contribution is 2.26. The lowest BCUT2D eigenvalue weighted by molar-refractivity contribution is 0.0745. The number of nitrogens with zero attached hydrogens (tertiary/aromatic N) is 2. The van der Waals surface area contributed by atoms with Crippen molar-refractivity contribution in [3.63, 3.8) is 0 Å². The molecule has 14 heavy (non-hydrogen) atoms. The van der Waals surface area contributed by atoms with E-state index in [0.29, 0.717) is 5.56 Å². The van der Waals surface area contributed by atoms with Crippen LogP contribution in [0.5, 0.6) is 0 Å². The third kappa shape index (κ3) is 1.78. The molecule has 4 nitrogen and oxygen atoms in total. The molecule has 4 heteroatoms. The van der Waals surface area contributed by atoms with E-state index in [9.17, 15) is 4.79 Å². The van der Waals surface area contributed by atoms with E-state index in [4.69, 9.17) is 0 Å². The van der Waals surface area contributed by atoms with E-state index in [1.807, 2.05) is 7.05 Å². The van der Waals surface area contributed by atoms with Crippen LogP contribution in [0.3, 0.4) is 0 Å². The summed E-state index contributed by atoms with van der Waals surface area (Å²) in [4.78, 5) is 13.5. The summed E-state index contributed by atoms with van der Waals surface area (Å²) in [7, 11) is 1.85. The van der Waals surface area contributed by atoms with Crippen molar-refractivity contribution in [2.24, 2.45) is 5.92 Å². The Hall–Kier alpha value is -1.32. The minimum Gasteiger partial charge on any atom is -0.341 e. The standard InChI is InChI=1S/C10H15N3O/c1-13(7-8-3-2-4-8)10(14)9-5-11-12-6-9/h5-6,8H,2-4,7H2,1H3,(H,11,12). The lowest BCUT2D eigenvalue weighted by Crippen LogP contribution is -2.34. The zero-order valence-corrected chi connectivity index (χ0v) is 8.36. The number of aromatic amines is 1. The van der Waals surface area contributed by atoms with Crippen LogP contribution in [-0.4, -0.2) is 34.6 Å². The minimum atomic E-state index is 0.0608. The molecule has 1 heterocycles. The summed E-state index contributed by atoms with van der Waals surface area (Å²) >= 11 is 0. The van der Waals surface area contributed by atoms with Gasteiger partial charge < -0.3 is 4.90 Å². The molecule has 1 aromatic heterocycles. The van der Waals surface area contributed by atoms with Crippen LogP contribution < -0.4 is 0 Å². The third-order valence-corrected chi connectivity index (χ3v) is 2.85. The molecular formula is C10H15N3O. The number of H-pyrrole nitrogens is 1. The number of hydrogen-bond donors (Lipinski definition) is 1. The van der Waals surface area contributed by atoms with Gasteiger partial charge in [0, 0.05) is 19.8 Å². The summed E-state index contributed by atoms with van der Waals surface area (Å²) in [6, 6.07) is 0. The number of hydrogen-bond acceptors (Lipinski definition) is 2. The van der Waals surface area contributed by atoms with Crippen molar-refractivity contribution in [2.45, 2.75) is 19.3 Å². The van der Waals surface area contributed by atoms with Crippen LogP contribution in [0, 0.1) is 5.92 Å². The van der Waals surface area contributed by atoms with Gasteiger partial charge in [0.1, 0.15) is 0 Å². The van der Waals surface area contributed by atoms with Gasteiger partial charge >= 0.3 is 0 Å². The summed E-state index contributed by atoms with van der Waals surface area (Å²) in [5, 5.41) is 6.42. The first-order valence-corrected chi connectivity index (χ1v) is 5.01. The van der Waals surface area contributed by atoms with Crippen molar-refractivity contribution >= 4 is 5.91 Å². The van der Waals surface area contributed by atoms with Crippen LogP contribution in [0.1, 0.15) is 29.6 Å². The maximum absolute atomic E-state index is 11.7. The third-order valence-electron chi connectivity index (χ3n) is 2.85. The van der Waals surface area contributed by atoms with Crippen LogP contribution in [0.15, 0.2) is 12.4 Å². The summed E-state index contributed by atoms with van der Waals surface area (Å²) in [6.07, 6.45) is 7.06. The van der Waals surface area contributed by atoms with Gasteiger partial charge in [0.15, 0.2) is 0 Å². The fraction of sp³-hybridized carbons (Fsp3) is 0.600. The van der Waals surface area contributed by atoms with E-state index < -0.39 is 0 Å². The fourth-order valence-electron chi connectivity index (χ4n) is 1.73. The molecule has 1 fully saturated rings. The lowest BCUT2D eigenvalue weighted by Gasteiger charge is -2.29. The molecule has 0 saturated heterocycles. The van der Waals surface area contributed by atoms with Crippen molar-refractivity contribution in [3.05, 3.63) is 18.0 Å². The molecule has 0 spiro atoms. The lowest BCUT2D eigenvalue weighted by atomic mass is 9.85. The number of carbonyl (C=O) groups excluding carboxylic acids is 1. The largest absolute Gasteiger partial charge is 0.341 e. The van der Waals surface area contributed by atoms with Crippen molar-refractivity contribution in [3.8, 4) is 0 Å². The van der Waals surface area contributed by atoms with Crippen LogP contribution >= 0.6 is 0 Å². The molecule has 1 N–H and O–H groups in total. The second-order valence-electron chi connectivity index (χ2n) is 3.97. The normalized spacial score (nSPS) is 16.4. The highest BCUT2D eigenvalue weighted by Gasteiger charge is 2.22. The van der Waals surface area contributed by atoms with Crippen LogP contribution in [0.4, 0.5) is 0 Å². The predicted molar refractivity (Wildman–Crippen MR) is 52.9 cm³/mol. The molecule has 1 aromatic rings. The molecule has 0 aliphatic heterocycles. The molecule has 2 rings (SSSR count). The zero-order chi connectivity index (χ0) is 9.97. The van der Waals surface area contributed by atoms with Gasteiger partial charge in [0.2, 0.25) is 0 Å². The van der Waals surface area contributed by atoms with Crippen LogP contribution in [0.25, 0.3) is 0 Å². The molecule has 1 saturated carbocycles. The summed E-state index contributed by atoms with van der Waals surface area (Å²) in [6.45, 7) is 0.879. The first-order valence-electron chi connectivity index (χ1n) is 5.01. The Bertz CT molecular complexity index is 303. The van der Waals surface area contributed by atoms with Crippen molar-refractivity contribution in [1.82, 2.24) is 15.1 Å². The SMILES string of the molecule is CN(CC1CCC1)C(=O)c1cn[nH]c1. The first kappa shape index (κ1) is 9.24. The fourth-order valence-corrected chi connectivity index (χ4v) is 1.73. The maximum atomic E-state index is 11.7. The molecular weight excluding hydrogens is 178 g/mol. The van der Waals surface area contributed by atoms with E-state index in [1.165, 1.54) is 19.3 Å². The number of aromatic nitrogens is 2. The minimum absolute atomic E-state index is 0.0608. The van der Waals surface area contributed by atoms with Crippen LogP contribution in [-0.2, 0) is 0 Å². The average Bonchev–Trinajstić information content (AvgIpc) is 2.62. The summed E-state index contributed by atoms with van der Waals surface area (Å²) in [5.74, 6) is 0.779. The Morgan fingerprint density at radius 2 is 2.50 bits per heavy atom. The summed E-state index contributed by atoms with van der Waals surface area (Å²) in [5.41, 5.74) is 0.645. The van der Waals surface area contributed by atoms with Gasteiger partial charge in [-0.2, -0.15) is 5.10 Å². The highest BCUT2D eigenvalue weighted by atomic mass is 16.2. The molecule has 0 atom stereocenters. The highest BCUT2D eigenvalue weighted by molar-refractivity contribution is 5.93. The molecule has 76 valence electrons. The monoisotopic (exact) mass is 193 g/mol. The van der Waals surface area contributed by atoms with Gasteiger partial charge in [-0.3, -0.25) is 9.89 Å². The van der Waals surface area contributed by atoms with Gasteiger partial charge in [-0.15, -0.1) is 0 Å². The van der Waals surface area contributed by atoms with E-state index in [0.717, 1.165) is 12.5 Å². The van der Waals surface area contributed by atoms with E-state index in [1.54, 1.807) is 17.3 Å². The number of rotatable bonds is 3. The predicted octanol–water partition coefficient (Wildman–Crippen LogP) is 1.28. The topological polar surface area (TPSA) is 49.0 Å². The van der Waals surface area contributed by atoms with Crippen LogP contribution in [0.2, 0.25) is 0 Å². The summed E-state index contributed by atoms with van der Waals surface area (Å²) < 4.78 is 0. The van der Waals surface area contributed by atoms with Crippen molar-refractivity contribution in [2.75, 3.05) is 13.6 Å². The Morgan fingerprint density at radius 3 is 3.00 bits per heavy atom. The Kier molecular flexibility index (Phi) is 2.52. The smallest absolute Gasteiger partial charge is 0.256 e. The van der Waals surface area contributed by atoms with Gasteiger partial charge in [-0.1, -0.05) is 6.42 Å². The molecule has 0 aromatic carbocycles. The molecule has 0 unspecified atom stereocenters. The van der Waals surface area contributed by atoms with Gasteiger partial charge in [0.25, 0.3) is 5.91 Å². The second-order valence-corrected chi connectivity index (χ2v) is 3.97. The van der Waals surface area contributed by atoms with Crippen molar-refractivity contribution in [1.29, 1.82) is 0 Å². The van der Waals surface area contributed by atoms with Gasteiger partial charge in [-0.25, -0.2) is 0 Å². The molecule has 0 bridgehead atoms. The number of amides is 1. The average molecular weight is 193 g/mol. The van der Waals surface area contributed by atoms with E-state index in [2.05, 4.69) is 10.2 Å². The Labute approximate surface area is 83.3 Å². The molecule has 1 aliphatic carbocycles. The maximum Gasteiger partial charge on any atom is 0.256 e. The molecule has 1 aliphatic rings. The Balaban J connectivity index is 1.90. The number of carbonyl (C=O) groups is 1. The zero-order valence-electron chi connectivity index (χ0n) is 8.36.